The Labute approximate surface area is 121 Å². The lowest BCUT2D eigenvalue weighted by atomic mass is 10.0. The summed E-state index contributed by atoms with van der Waals surface area (Å²) < 4.78 is 6.11. The van der Waals surface area contributed by atoms with Gasteiger partial charge in [0, 0.05) is 10.0 Å². The van der Waals surface area contributed by atoms with Crippen molar-refractivity contribution >= 4 is 21.7 Å². The minimum atomic E-state index is -0.0270. The van der Waals surface area contributed by atoms with E-state index in [-0.39, 0.29) is 5.78 Å². The number of rotatable bonds is 4. The molecule has 0 bridgehead atoms. The van der Waals surface area contributed by atoms with Crippen molar-refractivity contribution < 1.29 is 9.53 Å². The van der Waals surface area contributed by atoms with Gasteiger partial charge < -0.3 is 4.74 Å². The van der Waals surface area contributed by atoms with E-state index in [0.29, 0.717) is 16.9 Å². The van der Waals surface area contributed by atoms with Gasteiger partial charge >= 0.3 is 0 Å². The van der Waals surface area contributed by atoms with Crippen molar-refractivity contribution in [3.63, 3.8) is 0 Å². The third-order valence-electron chi connectivity index (χ3n) is 3.03. The molecule has 0 heterocycles. The van der Waals surface area contributed by atoms with Gasteiger partial charge in [-0.15, -0.1) is 0 Å². The molecule has 19 heavy (non-hydrogen) atoms. The average molecular weight is 319 g/mol. The lowest BCUT2D eigenvalue weighted by Gasteiger charge is -2.08. The summed E-state index contributed by atoms with van der Waals surface area (Å²) in [6.07, 6.45) is 0.967. The maximum absolute atomic E-state index is 12.5. The Morgan fingerprint density at radius 3 is 2.42 bits per heavy atom. The SMILES string of the molecule is CCc1ccc(C(=O)c2cc(Br)ccc2OC)cc1. The Hall–Kier alpha value is -1.61. The van der Waals surface area contributed by atoms with Crippen LogP contribution in [0, 0.1) is 0 Å². The highest BCUT2D eigenvalue weighted by Gasteiger charge is 2.14. The summed E-state index contributed by atoms with van der Waals surface area (Å²) in [5, 5.41) is 0. The van der Waals surface area contributed by atoms with Gasteiger partial charge in [-0.1, -0.05) is 47.1 Å². The van der Waals surface area contributed by atoms with E-state index >= 15 is 0 Å². The van der Waals surface area contributed by atoms with Gasteiger partial charge in [-0.2, -0.15) is 0 Å². The van der Waals surface area contributed by atoms with Gasteiger partial charge in [-0.05, 0) is 30.2 Å². The molecular weight excluding hydrogens is 304 g/mol. The zero-order valence-electron chi connectivity index (χ0n) is 10.9. The van der Waals surface area contributed by atoms with E-state index in [2.05, 4.69) is 22.9 Å². The molecule has 0 aliphatic heterocycles. The fraction of sp³-hybridized carbons (Fsp3) is 0.188. The summed E-state index contributed by atoms with van der Waals surface area (Å²) in [5.41, 5.74) is 2.47. The molecule has 0 atom stereocenters. The van der Waals surface area contributed by atoms with Gasteiger partial charge in [0.1, 0.15) is 5.75 Å². The highest BCUT2D eigenvalue weighted by Crippen LogP contribution is 2.25. The number of aryl methyl sites for hydroxylation is 1. The largest absolute Gasteiger partial charge is 0.496 e. The van der Waals surface area contributed by atoms with Crippen LogP contribution in [0.15, 0.2) is 46.9 Å². The van der Waals surface area contributed by atoms with Crippen LogP contribution in [0.1, 0.15) is 28.4 Å². The van der Waals surface area contributed by atoms with Gasteiger partial charge in [0.05, 0.1) is 12.7 Å². The smallest absolute Gasteiger partial charge is 0.196 e. The minimum Gasteiger partial charge on any atom is -0.496 e. The number of hydrogen-bond donors (Lipinski definition) is 0. The topological polar surface area (TPSA) is 26.3 Å². The van der Waals surface area contributed by atoms with Gasteiger partial charge in [0.15, 0.2) is 5.78 Å². The van der Waals surface area contributed by atoms with Crippen LogP contribution in [0.5, 0.6) is 5.75 Å². The van der Waals surface area contributed by atoms with Gasteiger partial charge in [0.25, 0.3) is 0 Å². The van der Waals surface area contributed by atoms with Crippen molar-refractivity contribution in [1.82, 2.24) is 0 Å². The Bertz CT molecular complexity index is 588. The Morgan fingerprint density at radius 2 is 1.84 bits per heavy atom. The van der Waals surface area contributed by atoms with Gasteiger partial charge in [-0.3, -0.25) is 4.79 Å². The summed E-state index contributed by atoms with van der Waals surface area (Å²) in [6, 6.07) is 13.1. The number of methoxy groups -OCH3 is 1. The van der Waals surface area contributed by atoms with E-state index in [1.54, 1.807) is 19.2 Å². The van der Waals surface area contributed by atoms with Crippen LogP contribution < -0.4 is 4.74 Å². The summed E-state index contributed by atoms with van der Waals surface area (Å²) in [5.74, 6) is 0.563. The molecular formula is C16H15BrO2. The maximum atomic E-state index is 12.5. The standard InChI is InChI=1S/C16H15BrO2/c1-3-11-4-6-12(7-5-11)16(18)14-10-13(17)8-9-15(14)19-2/h4-10H,3H2,1-2H3. The fourth-order valence-corrected chi connectivity index (χ4v) is 2.27. The van der Waals surface area contributed by atoms with E-state index in [1.807, 2.05) is 30.3 Å². The predicted molar refractivity (Wildman–Crippen MR) is 79.9 cm³/mol. The number of carbonyl (C=O) groups is 1. The predicted octanol–water partition coefficient (Wildman–Crippen LogP) is 4.25. The molecule has 3 heteroatoms. The molecule has 0 unspecified atom stereocenters. The quantitative estimate of drug-likeness (QED) is 0.788. The lowest BCUT2D eigenvalue weighted by molar-refractivity contribution is 0.103. The monoisotopic (exact) mass is 318 g/mol. The molecule has 2 aromatic rings. The van der Waals surface area contributed by atoms with Crippen LogP contribution in [-0.4, -0.2) is 12.9 Å². The Kier molecular flexibility index (Phi) is 4.38. The average Bonchev–Trinajstić information content (AvgIpc) is 2.46. The summed E-state index contributed by atoms with van der Waals surface area (Å²) in [6.45, 7) is 2.09. The molecule has 0 spiro atoms. The molecule has 98 valence electrons. The van der Waals surface area contributed by atoms with E-state index in [0.717, 1.165) is 10.9 Å². The molecule has 0 aromatic heterocycles. The first-order valence-electron chi connectivity index (χ1n) is 6.13. The van der Waals surface area contributed by atoms with Crippen molar-refractivity contribution in [2.45, 2.75) is 13.3 Å². The second-order valence-corrected chi connectivity index (χ2v) is 5.14. The highest BCUT2D eigenvalue weighted by atomic mass is 79.9. The van der Waals surface area contributed by atoms with Crippen molar-refractivity contribution in [1.29, 1.82) is 0 Å². The van der Waals surface area contributed by atoms with Crippen molar-refractivity contribution in [3.05, 3.63) is 63.6 Å². The number of hydrogen-bond acceptors (Lipinski definition) is 2. The molecule has 0 aliphatic carbocycles. The maximum Gasteiger partial charge on any atom is 0.196 e. The third-order valence-corrected chi connectivity index (χ3v) is 3.52. The van der Waals surface area contributed by atoms with E-state index < -0.39 is 0 Å². The van der Waals surface area contributed by atoms with Crippen LogP contribution >= 0.6 is 15.9 Å². The van der Waals surface area contributed by atoms with Crippen LogP contribution in [0.4, 0.5) is 0 Å². The molecule has 2 aromatic carbocycles. The second-order valence-electron chi connectivity index (χ2n) is 4.22. The molecule has 0 fully saturated rings. The zero-order chi connectivity index (χ0) is 13.8. The first-order valence-corrected chi connectivity index (χ1v) is 6.92. The minimum absolute atomic E-state index is 0.0270. The summed E-state index contributed by atoms with van der Waals surface area (Å²) in [4.78, 5) is 12.5. The van der Waals surface area contributed by atoms with Crippen LogP contribution in [0.2, 0.25) is 0 Å². The molecule has 0 radical (unpaired) electrons. The summed E-state index contributed by atoms with van der Waals surface area (Å²) in [7, 11) is 1.57. The second kappa shape index (κ2) is 6.02. The fourth-order valence-electron chi connectivity index (χ4n) is 1.90. The molecule has 2 rings (SSSR count). The molecule has 0 N–H and O–H groups in total. The Morgan fingerprint density at radius 1 is 1.16 bits per heavy atom. The van der Waals surface area contributed by atoms with Crippen LogP contribution in [0.25, 0.3) is 0 Å². The number of ether oxygens (including phenoxy) is 1. The van der Waals surface area contributed by atoms with Crippen molar-refractivity contribution in [2.24, 2.45) is 0 Å². The number of benzene rings is 2. The molecule has 2 nitrogen and oxygen atoms in total. The van der Waals surface area contributed by atoms with E-state index in [4.69, 9.17) is 4.74 Å². The molecule has 0 saturated carbocycles. The zero-order valence-corrected chi connectivity index (χ0v) is 12.5. The van der Waals surface area contributed by atoms with Crippen LogP contribution in [0.3, 0.4) is 0 Å². The van der Waals surface area contributed by atoms with E-state index in [1.165, 1.54) is 5.56 Å². The van der Waals surface area contributed by atoms with Crippen LogP contribution in [-0.2, 0) is 6.42 Å². The van der Waals surface area contributed by atoms with Crippen molar-refractivity contribution in [2.75, 3.05) is 7.11 Å². The van der Waals surface area contributed by atoms with Gasteiger partial charge in [-0.25, -0.2) is 0 Å². The number of halogens is 1. The van der Waals surface area contributed by atoms with Gasteiger partial charge in [0.2, 0.25) is 0 Å². The lowest BCUT2D eigenvalue weighted by Crippen LogP contribution is -2.04. The first kappa shape index (κ1) is 13.8. The van der Waals surface area contributed by atoms with Crippen molar-refractivity contribution in [3.8, 4) is 5.75 Å². The summed E-state index contributed by atoms with van der Waals surface area (Å²) >= 11 is 3.38. The molecule has 0 amide bonds. The third kappa shape index (κ3) is 3.04. The number of carbonyl (C=O) groups excluding carboxylic acids is 1. The first-order chi connectivity index (χ1) is 9.15. The normalized spacial score (nSPS) is 10.3. The van der Waals surface area contributed by atoms with E-state index in [9.17, 15) is 4.79 Å². The molecule has 0 aliphatic rings. The highest BCUT2D eigenvalue weighted by molar-refractivity contribution is 9.10. The Balaban J connectivity index is 2.40. The number of ketones is 1. The molecule has 0 saturated heterocycles.